The Morgan fingerprint density at radius 1 is 1.23 bits per heavy atom. The minimum Gasteiger partial charge on any atom is -0.264 e. The highest BCUT2D eigenvalue weighted by Gasteiger charge is 2.14. The molecule has 13 heavy (non-hydrogen) atoms. The van der Waals surface area contributed by atoms with Crippen LogP contribution in [-0.4, -0.2) is 37.4 Å². The van der Waals surface area contributed by atoms with Crippen molar-refractivity contribution in [2.75, 3.05) is 27.4 Å². The Kier molecular flexibility index (Phi) is 3.27. The minimum atomic E-state index is 0.666. The summed E-state index contributed by atoms with van der Waals surface area (Å²) in [5.74, 6) is 1.84. The smallest absolute Gasteiger partial charge is 0.264 e. The number of quaternary nitrogens is 1. The summed E-state index contributed by atoms with van der Waals surface area (Å²) in [6.07, 6.45) is 5.89. The van der Waals surface area contributed by atoms with E-state index in [0.717, 1.165) is 11.7 Å². The summed E-state index contributed by atoms with van der Waals surface area (Å²) >= 11 is 1.78. The fraction of sp³-hybridized carbons (Fsp3) is 0.556. The minimum absolute atomic E-state index is 0.666. The monoisotopic (exact) mass is 198 g/mol. The van der Waals surface area contributed by atoms with E-state index in [1.807, 2.05) is 12.4 Å². The van der Waals surface area contributed by atoms with E-state index in [9.17, 15) is 0 Å². The van der Waals surface area contributed by atoms with Gasteiger partial charge in [-0.1, -0.05) is 0 Å². The first-order chi connectivity index (χ1) is 6.04. The molecule has 1 rings (SSSR count). The van der Waals surface area contributed by atoms with E-state index in [1.165, 1.54) is 5.56 Å². The largest absolute Gasteiger partial charge is 0.328 e. The predicted molar refractivity (Wildman–Crippen MR) is 58.8 cm³/mol. The van der Waals surface area contributed by atoms with Crippen molar-refractivity contribution >= 4 is 17.7 Å². The molecule has 0 aliphatic heterocycles. The number of thioether (sulfide) groups is 1. The standard InChI is InChI=1S/C9H16N3S/c1-12(2,3)9-10-5-8(6-11-9)7-13-4/h5-6H,7H2,1-4H3/q+1. The van der Waals surface area contributed by atoms with Gasteiger partial charge in [0.15, 0.2) is 0 Å². The maximum Gasteiger partial charge on any atom is 0.328 e. The maximum absolute atomic E-state index is 4.32. The Morgan fingerprint density at radius 2 is 1.77 bits per heavy atom. The van der Waals surface area contributed by atoms with Gasteiger partial charge in [-0.2, -0.15) is 21.7 Å². The molecule has 0 aliphatic rings. The molecule has 3 nitrogen and oxygen atoms in total. The van der Waals surface area contributed by atoms with E-state index in [0.29, 0.717) is 4.48 Å². The van der Waals surface area contributed by atoms with Gasteiger partial charge in [-0.25, -0.2) is 0 Å². The third kappa shape index (κ3) is 2.97. The molecule has 0 radical (unpaired) electrons. The molecule has 0 aliphatic carbocycles. The Balaban J connectivity index is 2.81. The molecule has 1 heterocycles. The molecule has 0 saturated heterocycles. The summed E-state index contributed by atoms with van der Waals surface area (Å²) < 4.78 is 0.666. The molecule has 0 amide bonds. The lowest BCUT2D eigenvalue weighted by Crippen LogP contribution is -2.36. The van der Waals surface area contributed by atoms with Gasteiger partial charge in [0.1, 0.15) is 0 Å². The predicted octanol–water partition coefficient (Wildman–Crippen LogP) is 1.54. The first-order valence-corrected chi connectivity index (χ1v) is 5.55. The summed E-state index contributed by atoms with van der Waals surface area (Å²) in [6.45, 7) is 0. The molecular weight excluding hydrogens is 182 g/mol. The zero-order chi connectivity index (χ0) is 9.90. The molecule has 0 bridgehead atoms. The summed E-state index contributed by atoms with van der Waals surface area (Å²) in [7, 11) is 6.18. The molecule has 0 saturated carbocycles. The highest BCUT2D eigenvalue weighted by molar-refractivity contribution is 7.97. The van der Waals surface area contributed by atoms with Crippen molar-refractivity contribution in [3.63, 3.8) is 0 Å². The normalized spacial score (nSPS) is 11.7. The van der Waals surface area contributed by atoms with Crippen LogP contribution in [0.25, 0.3) is 0 Å². The van der Waals surface area contributed by atoms with Crippen LogP contribution in [0, 0.1) is 0 Å². The summed E-state index contributed by atoms with van der Waals surface area (Å²) in [4.78, 5) is 8.63. The second-order valence-corrected chi connectivity index (χ2v) is 4.70. The van der Waals surface area contributed by atoms with Crippen LogP contribution in [0.2, 0.25) is 0 Å². The van der Waals surface area contributed by atoms with Crippen LogP contribution in [0.5, 0.6) is 0 Å². The molecule has 0 N–H and O–H groups in total. The van der Waals surface area contributed by atoms with Crippen molar-refractivity contribution in [3.8, 4) is 0 Å². The third-order valence-corrected chi connectivity index (χ3v) is 2.22. The lowest BCUT2D eigenvalue weighted by atomic mass is 10.4. The Hall–Kier alpha value is -0.610. The molecule has 4 heteroatoms. The van der Waals surface area contributed by atoms with Crippen LogP contribution in [0.1, 0.15) is 5.56 Å². The molecule has 0 unspecified atom stereocenters. The van der Waals surface area contributed by atoms with Gasteiger partial charge in [0.2, 0.25) is 0 Å². The van der Waals surface area contributed by atoms with E-state index in [4.69, 9.17) is 0 Å². The molecule has 1 aromatic heterocycles. The summed E-state index contributed by atoms with van der Waals surface area (Å²) in [5.41, 5.74) is 1.18. The van der Waals surface area contributed by atoms with E-state index in [1.54, 1.807) is 11.8 Å². The van der Waals surface area contributed by atoms with Crippen LogP contribution in [0.15, 0.2) is 12.4 Å². The zero-order valence-electron chi connectivity index (χ0n) is 8.61. The number of aromatic nitrogens is 2. The summed E-state index contributed by atoms with van der Waals surface area (Å²) in [5, 5.41) is 0. The summed E-state index contributed by atoms with van der Waals surface area (Å²) in [6, 6.07) is 0. The lowest BCUT2D eigenvalue weighted by molar-refractivity contribution is 0.458. The van der Waals surface area contributed by atoms with Crippen molar-refractivity contribution < 1.29 is 0 Å². The van der Waals surface area contributed by atoms with E-state index in [2.05, 4.69) is 37.4 Å². The van der Waals surface area contributed by atoms with E-state index in [-0.39, 0.29) is 0 Å². The van der Waals surface area contributed by atoms with Crippen LogP contribution in [-0.2, 0) is 5.75 Å². The van der Waals surface area contributed by atoms with E-state index < -0.39 is 0 Å². The maximum atomic E-state index is 4.32. The van der Waals surface area contributed by atoms with Gasteiger partial charge >= 0.3 is 5.95 Å². The SMILES string of the molecule is CSCc1cnc([N+](C)(C)C)nc1. The van der Waals surface area contributed by atoms with Gasteiger partial charge in [-0.05, 0) is 11.8 Å². The van der Waals surface area contributed by atoms with Crippen molar-refractivity contribution in [2.24, 2.45) is 0 Å². The number of nitrogens with zero attached hydrogens (tertiary/aromatic N) is 3. The first kappa shape index (κ1) is 10.5. The first-order valence-electron chi connectivity index (χ1n) is 4.16. The second kappa shape index (κ2) is 4.07. The molecular formula is C9H16N3S+. The molecule has 0 atom stereocenters. The molecule has 1 aromatic rings. The zero-order valence-corrected chi connectivity index (χ0v) is 9.43. The second-order valence-electron chi connectivity index (χ2n) is 3.84. The Bertz CT molecular complexity index is 263. The number of rotatable bonds is 3. The van der Waals surface area contributed by atoms with Gasteiger partial charge in [0.25, 0.3) is 0 Å². The fourth-order valence-electron chi connectivity index (χ4n) is 0.936. The highest BCUT2D eigenvalue weighted by atomic mass is 32.2. The van der Waals surface area contributed by atoms with Gasteiger partial charge in [0, 0.05) is 18.1 Å². The van der Waals surface area contributed by atoms with Gasteiger partial charge in [-0.15, -0.1) is 0 Å². The Labute approximate surface area is 83.8 Å². The fourth-order valence-corrected chi connectivity index (χ4v) is 1.42. The van der Waals surface area contributed by atoms with Gasteiger partial charge < -0.3 is 0 Å². The third-order valence-electron chi connectivity index (χ3n) is 1.60. The average molecular weight is 198 g/mol. The highest BCUT2D eigenvalue weighted by Crippen LogP contribution is 2.11. The molecule has 0 fully saturated rings. The quantitative estimate of drug-likeness (QED) is 0.689. The van der Waals surface area contributed by atoms with Crippen LogP contribution in [0.4, 0.5) is 5.95 Å². The van der Waals surface area contributed by atoms with Crippen LogP contribution in [0.3, 0.4) is 0 Å². The van der Waals surface area contributed by atoms with Crippen LogP contribution >= 0.6 is 11.8 Å². The van der Waals surface area contributed by atoms with Gasteiger partial charge in [0.05, 0.1) is 21.1 Å². The van der Waals surface area contributed by atoms with Gasteiger partial charge in [-0.3, -0.25) is 4.48 Å². The average Bonchev–Trinajstić information content (AvgIpc) is 2.04. The number of hydrogen-bond donors (Lipinski definition) is 0. The van der Waals surface area contributed by atoms with Crippen molar-refractivity contribution in [2.45, 2.75) is 5.75 Å². The molecule has 0 spiro atoms. The van der Waals surface area contributed by atoms with Crippen molar-refractivity contribution in [1.29, 1.82) is 0 Å². The molecule has 72 valence electrons. The van der Waals surface area contributed by atoms with Crippen molar-refractivity contribution in [3.05, 3.63) is 18.0 Å². The Morgan fingerprint density at radius 3 is 2.15 bits per heavy atom. The van der Waals surface area contributed by atoms with Crippen molar-refractivity contribution in [1.82, 2.24) is 14.5 Å². The number of hydrogen-bond acceptors (Lipinski definition) is 3. The molecule has 0 aromatic carbocycles. The van der Waals surface area contributed by atoms with E-state index >= 15 is 0 Å². The lowest BCUT2D eigenvalue weighted by Gasteiger charge is -2.19. The topological polar surface area (TPSA) is 25.8 Å². The van der Waals surface area contributed by atoms with Crippen LogP contribution < -0.4 is 4.48 Å².